The average Bonchev–Trinajstić information content (AvgIpc) is 2.78. The van der Waals surface area contributed by atoms with Crippen molar-refractivity contribution in [1.82, 2.24) is 0 Å². The third kappa shape index (κ3) is 7.36. The maximum atomic E-state index is 2.54. The topological polar surface area (TPSA) is 0 Å². The third-order valence-corrected chi connectivity index (χ3v) is 7.45. The van der Waals surface area contributed by atoms with Gasteiger partial charge in [0.15, 0.2) is 0 Å². The van der Waals surface area contributed by atoms with Crippen molar-refractivity contribution in [3.63, 3.8) is 0 Å². The number of hydrogen-bond donors (Lipinski definition) is 0. The molecule has 1 fully saturated rings. The minimum atomic E-state index is 0.404. The van der Waals surface area contributed by atoms with Crippen LogP contribution in [-0.2, 0) is 12.8 Å². The number of fused-ring (bicyclic) bond motifs is 1. The largest absolute Gasteiger partial charge is 0.0804 e. The SMILES string of the molecule is CC.CC.CCc1c(CCC(C)(C)C)cccc1C(C)C(C)CC1CC2=C(C)CCC=C21. The van der Waals surface area contributed by atoms with Gasteiger partial charge < -0.3 is 0 Å². The van der Waals surface area contributed by atoms with E-state index in [1.54, 1.807) is 33.4 Å². The van der Waals surface area contributed by atoms with Crippen molar-refractivity contribution in [2.75, 3.05) is 0 Å². The van der Waals surface area contributed by atoms with Gasteiger partial charge in [-0.3, -0.25) is 0 Å². The van der Waals surface area contributed by atoms with Crippen LogP contribution in [0.5, 0.6) is 0 Å². The summed E-state index contributed by atoms with van der Waals surface area (Å²) in [5.74, 6) is 2.19. The van der Waals surface area contributed by atoms with Crippen LogP contribution >= 0.6 is 0 Å². The summed E-state index contributed by atoms with van der Waals surface area (Å²) in [6, 6.07) is 7.10. The first-order chi connectivity index (χ1) is 15.2. The van der Waals surface area contributed by atoms with E-state index in [1.807, 2.05) is 27.7 Å². The van der Waals surface area contributed by atoms with Crippen LogP contribution in [0.3, 0.4) is 0 Å². The Hall–Kier alpha value is -1.30. The van der Waals surface area contributed by atoms with Crippen LogP contribution in [0.2, 0.25) is 0 Å². The van der Waals surface area contributed by atoms with E-state index in [-0.39, 0.29) is 0 Å². The highest BCUT2D eigenvalue weighted by Crippen LogP contribution is 2.49. The van der Waals surface area contributed by atoms with Crippen molar-refractivity contribution in [2.24, 2.45) is 17.3 Å². The fourth-order valence-corrected chi connectivity index (χ4v) is 5.32. The molecule has 0 amide bonds. The lowest BCUT2D eigenvalue weighted by molar-refractivity contribution is 0.352. The van der Waals surface area contributed by atoms with Crippen LogP contribution in [0.15, 0.2) is 41.0 Å². The first-order valence-electron chi connectivity index (χ1n) is 13.7. The second-order valence-corrected chi connectivity index (χ2v) is 10.8. The van der Waals surface area contributed by atoms with Gasteiger partial charge in [0.05, 0.1) is 0 Å². The lowest BCUT2D eigenvalue weighted by Crippen LogP contribution is -2.26. The standard InChI is InChI=1S/C28H42.2C2H6/c1-8-24-22(15-16-28(5,6)7)12-10-13-25(24)21(4)20(3)17-23-18-27-19(2)11-9-14-26(23)27;2*1-2/h10,12-14,20-21,23H,8-9,11,15-18H2,1-7H3;2*1-2H3. The van der Waals surface area contributed by atoms with Crippen molar-refractivity contribution in [2.45, 2.75) is 127 Å². The molecule has 0 saturated heterocycles. The second kappa shape index (κ2) is 13.4. The predicted octanol–water partition coefficient (Wildman–Crippen LogP) is 10.5. The molecule has 2 aliphatic rings. The molecule has 0 aromatic heterocycles. The summed E-state index contributed by atoms with van der Waals surface area (Å²) in [6.45, 7) is 24.7. The maximum Gasteiger partial charge on any atom is -0.0119 e. The molecule has 1 saturated carbocycles. The van der Waals surface area contributed by atoms with Crippen LogP contribution in [-0.4, -0.2) is 0 Å². The van der Waals surface area contributed by atoms with Gasteiger partial charge in [-0.25, -0.2) is 0 Å². The van der Waals surface area contributed by atoms with E-state index in [1.165, 1.54) is 38.5 Å². The molecule has 2 aliphatic carbocycles. The Labute approximate surface area is 202 Å². The van der Waals surface area contributed by atoms with E-state index in [0.29, 0.717) is 11.3 Å². The highest BCUT2D eigenvalue weighted by Gasteiger charge is 2.34. The molecule has 0 radical (unpaired) electrons. The highest BCUT2D eigenvalue weighted by molar-refractivity contribution is 5.48. The van der Waals surface area contributed by atoms with Crippen LogP contribution in [0.1, 0.15) is 131 Å². The minimum absolute atomic E-state index is 0.404. The van der Waals surface area contributed by atoms with Crippen molar-refractivity contribution < 1.29 is 0 Å². The van der Waals surface area contributed by atoms with E-state index in [4.69, 9.17) is 0 Å². The predicted molar refractivity (Wildman–Crippen MR) is 147 cm³/mol. The molecule has 0 aliphatic heterocycles. The van der Waals surface area contributed by atoms with Gasteiger partial charge in [0.2, 0.25) is 0 Å². The summed E-state index contributed by atoms with van der Waals surface area (Å²) in [6.07, 6.45) is 11.4. The van der Waals surface area contributed by atoms with Gasteiger partial charge in [-0.15, -0.1) is 0 Å². The van der Waals surface area contributed by atoms with Crippen molar-refractivity contribution in [1.29, 1.82) is 0 Å². The lowest BCUT2D eigenvalue weighted by Gasteiger charge is -2.40. The zero-order valence-electron chi connectivity index (χ0n) is 23.5. The average molecular weight is 439 g/mol. The molecule has 0 heterocycles. The molecule has 0 heteroatoms. The van der Waals surface area contributed by atoms with Crippen LogP contribution in [0.25, 0.3) is 0 Å². The zero-order chi connectivity index (χ0) is 24.5. The highest BCUT2D eigenvalue weighted by atomic mass is 14.4. The molecule has 0 bridgehead atoms. The van der Waals surface area contributed by atoms with Crippen molar-refractivity contribution in [3.05, 3.63) is 57.7 Å². The van der Waals surface area contributed by atoms with E-state index in [2.05, 4.69) is 72.7 Å². The molecule has 0 N–H and O–H groups in total. The van der Waals surface area contributed by atoms with Gasteiger partial charge in [-0.2, -0.15) is 0 Å². The molecule has 3 rings (SSSR count). The van der Waals surface area contributed by atoms with E-state index in [0.717, 1.165) is 18.3 Å². The number of hydrogen-bond acceptors (Lipinski definition) is 0. The molecular formula is C32H54. The number of benzene rings is 1. The summed E-state index contributed by atoms with van der Waals surface area (Å²) in [4.78, 5) is 0. The number of allylic oxidation sites excluding steroid dienone is 4. The maximum absolute atomic E-state index is 2.54. The van der Waals surface area contributed by atoms with Crippen LogP contribution < -0.4 is 0 Å². The first kappa shape index (κ1) is 28.7. The van der Waals surface area contributed by atoms with Gasteiger partial charge in [0.1, 0.15) is 0 Å². The van der Waals surface area contributed by atoms with Crippen molar-refractivity contribution in [3.8, 4) is 0 Å². The molecular weight excluding hydrogens is 384 g/mol. The van der Waals surface area contributed by atoms with E-state index >= 15 is 0 Å². The summed E-state index contributed by atoms with van der Waals surface area (Å²) in [5.41, 5.74) is 10.3. The monoisotopic (exact) mass is 438 g/mol. The Balaban J connectivity index is 0.00000121. The van der Waals surface area contributed by atoms with Gasteiger partial charge in [0.25, 0.3) is 0 Å². The Morgan fingerprint density at radius 1 is 1.03 bits per heavy atom. The summed E-state index contributed by atoms with van der Waals surface area (Å²) in [7, 11) is 0. The Bertz CT molecular complexity index is 753. The molecule has 3 unspecified atom stereocenters. The normalized spacial score (nSPS) is 19.3. The van der Waals surface area contributed by atoms with Crippen LogP contribution in [0, 0.1) is 17.3 Å². The Morgan fingerprint density at radius 2 is 1.69 bits per heavy atom. The van der Waals surface area contributed by atoms with Gasteiger partial charge in [-0.05, 0) is 103 Å². The van der Waals surface area contributed by atoms with Gasteiger partial charge in [0, 0.05) is 0 Å². The molecule has 3 atom stereocenters. The summed E-state index contributed by atoms with van der Waals surface area (Å²) in [5, 5.41) is 0. The molecule has 32 heavy (non-hydrogen) atoms. The first-order valence-corrected chi connectivity index (χ1v) is 13.7. The fraction of sp³-hybridized carbons (Fsp3) is 0.688. The van der Waals surface area contributed by atoms with Crippen LogP contribution in [0.4, 0.5) is 0 Å². The fourth-order valence-electron chi connectivity index (χ4n) is 5.32. The quantitative estimate of drug-likeness (QED) is 0.397. The molecule has 0 spiro atoms. The summed E-state index contributed by atoms with van der Waals surface area (Å²) < 4.78 is 0. The van der Waals surface area contributed by atoms with E-state index < -0.39 is 0 Å². The van der Waals surface area contributed by atoms with Crippen molar-refractivity contribution >= 4 is 0 Å². The number of rotatable bonds is 7. The molecule has 1 aromatic carbocycles. The Kier molecular flexibility index (Phi) is 12.0. The zero-order valence-corrected chi connectivity index (χ0v) is 23.5. The smallest absolute Gasteiger partial charge is 0.0119 e. The second-order valence-electron chi connectivity index (χ2n) is 10.8. The lowest BCUT2D eigenvalue weighted by atomic mass is 9.65. The third-order valence-electron chi connectivity index (χ3n) is 7.45. The number of aryl methyl sites for hydroxylation is 1. The minimum Gasteiger partial charge on any atom is -0.0804 e. The summed E-state index contributed by atoms with van der Waals surface area (Å²) >= 11 is 0. The molecule has 1 aromatic rings. The Morgan fingerprint density at radius 3 is 2.28 bits per heavy atom. The molecule has 182 valence electrons. The van der Waals surface area contributed by atoms with E-state index in [9.17, 15) is 0 Å². The molecule has 0 nitrogen and oxygen atoms in total. The van der Waals surface area contributed by atoms with Gasteiger partial charge >= 0.3 is 0 Å². The van der Waals surface area contributed by atoms with Gasteiger partial charge in [-0.1, -0.05) is 99.1 Å².